The van der Waals surface area contributed by atoms with Crippen LogP contribution in [0.2, 0.25) is 0 Å². The first kappa shape index (κ1) is 14.0. The Labute approximate surface area is 132 Å². The van der Waals surface area contributed by atoms with Gasteiger partial charge >= 0.3 is 0 Å². The molecule has 1 fully saturated rings. The average molecular weight is 310 g/mol. The van der Waals surface area contributed by atoms with E-state index in [1.54, 1.807) is 10.6 Å². The fourth-order valence-electron chi connectivity index (χ4n) is 3.35. The predicted molar refractivity (Wildman–Crippen MR) is 87.7 cm³/mol. The lowest BCUT2D eigenvalue weighted by atomic mass is 9.95. The number of nitrogens with zero attached hydrogens (tertiary/aromatic N) is 2. The Morgan fingerprint density at radius 2 is 2.00 bits per heavy atom. The molecule has 23 heavy (non-hydrogen) atoms. The second kappa shape index (κ2) is 5.53. The van der Waals surface area contributed by atoms with E-state index in [4.69, 9.17) is 0 Å². The van der Waals surface area contributed by atoms with Gasteiger partial charge in [-0.2, -0.15) is 5.10 Å². The fourth-order valence-corrected chi connectivity index (χ4v) is 3.35. The van der Waals surface area contributed by atoms with Crippen LogP contribution in [-0.2, 0) is 0 Å². The van der Waals surface area contributed by atoms with Crippen molar-refractivity contribution in [3.8, 4) is 0 Å². The number of para-hydroxylation sites is 1. The summed E-state index contributed by atoms with van der Waals surface area (Å²) < 4.78 is 1.62. The van der Waals surface area contributed by atoms with Crippen LogP contribution in [0.15, 0.2) is 35.3 Å². The average Bonchev–Trinajstić information content (AvgIpc) is 3.00. The molecule has 0 spiro atoms. The van der Waals surface area contributed by atoms with Crippen molar-refractivity contribution < 1.29 is 4.79 Å². The highest BCUT2D eigenvalue weighted by Gasteiger charge is 2.20. The van der Waals surface area contributed by atoms with Crippen LogP contribution in [-0.4, -0.2) is 26.5 Å². The number of benzene rings is 1. The van der Waals surface area contributed by atoms with Crippen molar-refractivity contribution in [2.24, 2.45) is 0 Å². The highest BCUT2D eigenvalue weighted by Crippen LogP contribution is 2.19. The Morgan fingerprint density at radius 1 is 1.22 bits per heavy atom. The molecule has 1 aromatic carbocycles. The normalized spacial score (nSPS) is 16.0. The third-order valence-corrected chi connectivity index (χ3v) is 4.56. The largest absolute Gasteiger partial charge is 0.349 e. The third-order valence-electron chi connectivity index (χ3n) is 4.56. The van der Waals surface area contributed by atoms with E-state index in [1.807, 2.05) is 18.2 Å². The Hall–Kier alpha value is -2.63. The van der Waals surface area contributed by atoms with Crippen molar-refractivity contribution in [2.45, 2.75) is 38.1 Å². The Kier molecular flexibility index (Phi) is 3.37. The van der Waals surface area contributed by atoms with E-state index in [0.717, 1.165) is 25.7 Å². The SMILES string of the molecule is O=C(NC1CCCCC1)c1cnn2c1[nH]c(=O)c1ccccc12. The van der Waals surface area contributed by atoms with E-state index in [2.05, 4.69) is 15.4 Å². The zero-order valence-corrected chi connectivity index (χ0v) is 12.7. The van der Waals surface area contributed by atoms with Crippen molar-refractivity contribution in [1.82, 2.24) is 19.9 Å². The molecule has 0 unspecified atom stereocenters. The molecule has 0 saturated heterocycles. The van der Waals surface area contributed by atoms with E-state index >= 15 is 0 Å². The number of carbonyl (C=O) groups is 1. The monoisotopic (exact) mass is 310 g/mol. The van der Waals surface area contributed by atoms with E-state index in [1.165, 1.54) is 12.6 Å². The third kappa shape index (κ3) is 2.40. The first-order valence-electron chi connectivity index (χ1n) is 8.03. The molecule has 6 heteroatoms. The molecular weight excluding hydrogens is 292 g/mol. The molecule has 2 heterocycles. The zero-order chi connectivity index (χ0) is 15.8. The van der Waals surface area contributed by atoms with Crippen LogP contribution in [0.5, 0.6) is 0 Å². The van der Waals surface area contributed by atoms with Crippen LogP contribution in [0.1, 0.15) is 42.5 Å². The molecule has 0 radical (unpaired) electrons. The minimum Gasteiger partial charge on any atom is -0.349 e. The van der Waals surface area contributed by atoms with E-state index < -0.39 is 0 Å². The Morgan fingerprint density at radius 3 is 2.83 bits per heavy atom. The molecule has 1 saturated carbocycles. The lowest BCUT2D eigenvalue weighted by molar-refractivity contribution is 0.0929. The van der Waals surface area contributed by atoms with Gasteiger partial charge in [-0.25, -0.2) is 4.52 Å². The number of rotatable bonds is 2. The number of nitrogens with one attached hydrogen (secondary N) is 2. The van der Waals surface area contributed by atoms with Gasteiger partial charge in [-0.3, -0.25) is 9.59 Å². The number of hydrogen-bond donors (Lipinski definition) is 2. The summed E-state index contributed by atoms with van der Waals surface area (Å²) in [7, 11) is 0. The minimum atomic E-state index is -0.208. The van der Waals surface area contributed by atoms with Crippen molar-refractivity contribution in [3.05, 3.63) is 46.4 Å². The number of aromatic amines is 1. The molecule has 3 aromatic rings. The van der Waals surface area contributed by atoms with Gasteiger partial charge in [0.1, 0.15) is 11.2 Å². The molecule has 2 N–H and O–H groups in total. The van der Waals surface area contributed by atoms with Crippen LogP contribution in [0, 0.1) is 0 Å². The number of amides is 1. The van der Waals surface area contributed by atoms with Gasteiger partial charge in [-0.15, -0.1) is 0 Å². The molecule has 1 aliphatic rings. The zero-order valence-electron chi connectivity index (χ0n) is 12.7. The molecule has 4 rings (SSSR count). The maximum Gasteiger partial charge on any atom is 0.259 e. The van der Waals surface area contributed by atoms with Crippen molar-refractivity contribution in [3.63, 3.8) is 0 Å². The number of hydrogen-bond acceptors (Lipinski definition) is 3. The number of aromatic nitrogens is 3. The van der Waals surface area contributed by atoms with Crippen molar-refractivity contribution >= 4 is 22.5 Å². The Bertz CT molecular complexity index is 935. The van der Waals surface area contributed by atoms with Crippen LogP contribution >= 0.6 is 0 Å². The molecule has 0 atom stereocenters. The van der Waals surface area contributed by atoms with Gasteiger partial charge < -0.3 is 10.3 Å². The quantitative estimate of drug-likeness (QED) is 0.762. The standard InChI is InChI=1S/C17H18N4O2/c22-16-12-8-4-5-9-14(12)21-15(20-16)13(10-18-21)17(23)19-11-6-2-1-3-7-11/h4-5,8-11H,1-3,6-7H2,(H,19,23)(H,20,22). The van der Waals surface area contributed by atoms with E-state index in [0.29, 0.717) is 22.1 Å². The van der Waals surface area contributed by atoms with Crippen LogP contribution in [0.25, 0.3) is 16.6 Å². The number of fused-ring (bicyclic) bond motifs is 3. The summed E-state index contributed by atoms with van der Waals surface area (Å²) in [4.78, 5) is 27.6. The first-order chi connectivity index (χ1) is 11.2. The van der Waals surface area contributed by atoms with Gasteiger partial charge in [0.25, 0.3) is 11.5 Å². The summed E-state index contributed by atoms with van der Waals surface area (Å²) in [6.07, 6.45) is 7.11. The highest BCUT2D eigenvalue weighted by molar-refractivity contribution is 6.00. The molecule has 118 valence electrons. The second-order valence-electron chi connectivity index (χ2n) is 6.10. The maximum absolute atomic E-state index is 12.5. The van der Waals surface area contributed by atoms with Crippen LogP contribution in [0.3, 0.4) is 0 Å². The molecule has 2 aromatic heterocycles. The van der Waals surface area contributed by atoms with Gasteiger partial charge in [0, 0.05) is 6.04 Å². The van der Waals surface area contributed by atoms with Gasteiger partial charge in [0.2, 0.25) is 0 Å². The van der Waals surface area contributed by atoms with Gasteiger partial charge in [-0.1, -0.05) is 31.4 Å². The summed E-state index contributed by atoms with van der Waals surface area (Å²) in [5.41, 5.74) is 1.35. The molecular formula is C17H18N4O2. The molecule has 1 amide bonds. The molecule has 1 aliphatic carbocycles. The maximum atomic E-state index is 12.5. The van der Waals surface area contributed by atoms with Crippen LogP contribution in [0.4, 0.5) is 0 Å². The molecule has 0 aliphatic heterocycles. The summed E-state index contributed by atoms with van der Waals surface area (Å²) in [5, 5.41) is 7.91. The van der Waals surface area contributed by atoms with E-state index in [9.17, 15) is 9.59 Å². The summed E-state index contributed by atoms with van der Waals surface area (Å²) in [6.45, 7) is 0. The molecule has 6 nitrogen and oxygen atoms in total. The van der Waals surface area contributed by atoms with Crippen molar-refractivity contribution in [1.29, 1.82) is 0 Å². The molecule has 0 bridgehead atoms. The smallest absolute Gasteiger partial charge is 0.259 e. The van der Waals surface area contributed by atoms with E-state index in [-0.39, 0.29) is 17.5 Å². The lowest BCUT2D eigenvalue weighted by Gasteiger charge is -2.22. The topological polar surface area (TPSA) is 79.3 Å². The van der Waals surface area contributed by atoms with Gasteiger partial charge in [-0.05, 0) is 25.0 Å². The minimum absolute atomic E-state index is 0.169. The lowest BCUT2D eigenvalue weighted by Crippen LogP contribution is -2.36. The van der Waals surface area contributed by atoms with Crippen molar-refractivity contribution in [2.75, 3.05) is 0 Å². The Balaban J connectivity index is 1.76. The summed E-state index contributed by atoms with van der Waals surface area (Å²) in [5.74, 6) is -0.169. The number of H-pyrrole nitrogens is 1. The van der Waals surface area contributed by atoms with Gasteiger partial charge in [0.15, 0.2) is 0 Å². The van der Waals surface area contributed by atoms with Gasteiger partial charge in [0.05, 0.1) is 17.1 Å². The number of carbonyl (C=O) groups excluding carboxylic acids is 1. The first-order valence-corrected chi connectivity index (χ1v) is 8.03. The van der Waals surface area contributed by atoms with Crippen LogP contribution < -0.4 is 10.9 Å². The summed E-state index contributed by atoms with van der Waals surface area (Å²) in [6, 6.07) is 7.46. The predicted octanol–water partition coefficient (Wildman–Crippen LogP) is 2.24. The fraction of sp³-hybridized carbons (Fsp3) is 0.353. The summed E-state index contributed by atoms with van der Waals surface area (Å²) >= 11 is 0. The highest BCUT2D eigenvalue weighted by atomic mass is 16.2. The second-order valence-corrected chi connectivity index (χ2v) is 6.10.